The van der Waals surface area contributed by atoms with Crippen molar-refractivity contribution in [3.8, 4) is 5.75 Å². The molecular formula is C20H26FN3O. The third-order valence-corrected chi connectivity index (χ3v) is 4.73. The number of methoxy groups -OCH3 is 1. The van der Waals surface area contributed by atoms with Gasteiger partial charge in [0.1, 0.15) is 0 Å². The minimum absolute atomic E-state index is 0.0405. The zero-order chi connectivity index (χ0) is 17.8. The third-order valence-electron chi connectivity index (χ3n) is 4.73. The normalized spacial score (nSPS) is 16.5. The fourth-order valence-corrected chi connectivity index (χ4v) is 3.36. The zero-order valence-electron chi connectivity index (χ0n) is 15.1. The van der Waals surface area contributed by atoms with Gasteiger partial charge >= 0.3 is 0 Å². The first-order valence-electron chi connectivity index (χ1n) is 8.65. The van der Waals surface area contributed by atoms with Crippen LogP contribution in [0.1, 0.15) is 17.2 Å². The molecule has 2 aromatic carbocycles. The predicted octanol–water partition coefficient (Wildman–Crippen LogP) is 2.89. The van der Waals surface area contributed by atoms with E-state index in [0.29, 0.717) is 0 Å². The van der Waals surface area contributed by atoms with Gasteiger partial charge in [0.05, 0.1) is 13.2 Å². The van der Waals surface area contributed by atoms with Crippen LogP contribution in [0.5, 0.6) is 5.75 Å². The number of hydrogen-bond acceptors (Lipinski definition) is 4. The third kappa shape index (κ3) is 3.94. The van der Waals surface area contributed by atoms with Gasteiger partial charge in [-0.2, -0.15) is 0 Å². The quantitative estimate of drug-likeness (QED) is 0.903. The van der Waals surface area contributed by atoms with Crippen molar-refractivity contribution in [1.82, 2.24) is 10.2 Å². The van der Waals surface area contributed by atoms with Crippen LogP contribution in [0, 0.1) is 5.82 Å². The van der Waals surface area contributed by atoms with E-state index < -0.39 is 0 Å². The second-order valence-corrected chi connectivity index (χ2v) is 6.57. The highest BCUT2D eigenvalue weighted by atomic mass is 19.1. The van der Waals surface area contributed by atoms with Crippen LogP contribution < -0.4 is 15.0 Å². The maximum Gasteiger partial charge on any atom is 0.165 e. The molecule has 0 aliphatic carbocycles. The van der Waals surface area contributed by atoms with Crippen molar-refractivity contribution in [2.75, 3.05) is 52.3 Å². The van der Waals surface area contributed by atoms with Crippen molar-refractivity contribution in [2.45, 2.75) is 6.04 Å². The van der Waals surface area contributed by atoms with Crippen LogP contribution in [-0.2, 0) is 0 Å². The molecule has 4 nitrogen and oxygen atoms in total. The van der Waals surface area contributed by atoms with Gasteiger partial charge in [-0.25, -0.2) is 4.39 Å². The Morgan fingerprint density at radius 3 is 2.24 bits per heavy atom. The van der Waals surface area contributed by atoms with Gasteiger partial charge in [0, 0.05) is 46.0 Å². The first kappa shape index (κ1) is 17.7. The lowest BCUT2D eigenvalue weighted by atomic mass is 9.96. The topological polar surface area (TPSA) is 27.7 Å². The average Bonchev–Trinajstić information content (AvgIpc) is 2.63. The minimum atomic E-state index is -0.315. The molecule has 0 aromatic heterocycles. The molecule has 1 saturated heterocycles. The number of nitrogens with one attached hydrogen (secondary N) is 1. The Hall–Kier alpha value is -2.11. The maximum absolute atomic E-state index is 14.3. The van der Waals surface area contributed by atoms with Crippen LogP contribution in [0.4, 0.5) is 10.1 Å². The van der Waals surface area contributed by atoms with Crippen LogP contribution in [0.25, 0.3) is 0 Å². The van der Waals surface area contributed by atoms with Crippen LogP contribution >= 0.6 is 0 Å². The summed E-state index contributed by atoms with van der Waals surface area (Å²) in [7, 11) is 5.55. The van der Waals surface area contributed by atoms with Crippen LogP contribution in [0.2, 0.25) is 0 Å². The highest BCUT2D eigenvalue weighted by Gasteiger charge is 2.25. The number of nitrogens with zero attached hydrogens (tertiary/aromatic N) is 2. The van der Waals surface area contributed by atoms with Crippen LogP contribution in [-0.4, -0.2) is 52.3 Å². The number of rotatable bonds is 5. The molecule has 25 heavy (non-hydrogen) atoms. The second-order valence-electron chi connectivity index (χ2n) is 6.57. The Bertz CT molecular complexity index is 697. The van der Waals surface area contributed by atoms with Gasteiger partial charge in [-0.1, -0.05) is 18.2 Å². The number of ether oxygens (including phenoxy) is 1. The van der Waals surface area contributed by atoms with Gasteiger partial charge < -0.3 is 15.0 Å². The molecule has 1 fully saturated rings. The fourth-order valence-electron chi connectivity index (χ4n) is 3.36. The van der Waals surface area contributed by atoms with E-state index in [2.05, 4.69) is 39.4 Å². The molecule has 3 rings (SSSR count). The molecule has 5 heteroatoms. The highest BCUT2D eigenvalue weighted by molar-refractivity contribution is 5.48. The minimum Gasteiger partial charge on any atom is -0.494 e. The Kier molecular flexibility index (Phi) is 5.56. The summed E-state index contributed by atoms with van der Waals surface area (Å²) in [6, 6.07) is 13.8. The Morgan fingerprint density at radius 1 is 1.04 bits per heavy atom. The number of benzene rings is 2. The smallest absolute Gasteiger partial charge is 0.165 e. The zero-order valence-corrected chi connectivity index (χ0v) is 15.1. The van der Waals surface area contributed by atoms with Crippen molar-refractivity contribution in [1.29, 1.82) is 0 Å². The molecule has 0 bridgehead atoms. The largest absolute Gasteiger partial charge is 0.494 e. The van der Waals surface area contributed by atoms with Crippen molar-refractivity contribution < 1.29 is 9.13 Å². The van der Waals surface area contributed by atoms with Gasteiger partial charge in [0.2, 0.25) is 0 Å². The summed E-state index contributed by atoms with van der Waals surface area (Å²) >= 11 is 0. The summed E-state index contributed by atoms with van der Waals surface area (Å²) in [5, 5.41) is 3.38. The summed E-state index contributed by atoms with van der Waals surface area (Å²) in [6.45, 7) is 3.78. The Labute approximate surface area is 149 Å². The summed E-state index contributed by atoms with van der Waals surface area (Å²) in [5.41, 5.74) is 3.29. The standard InChI is InChI=1S/C20H26FN3O/c1-23(2)17-7-4-15(5-8-17)20(24-12-10-22-11-13-24)16-6-9-19(25-3)18(21)14-16/h4-9,14,20,22H,10-13H2,1-3H3. The Balaban J connectivity index is 1.98. The monoisotopic (exact) mass is 343 g/mol. The SMILES string of the molecule is COc1ccc(C(c2ccc(N(C)C)cc2)N2CCNCC2)cc1F. The van der Waals surface area contributed by atoms with Gasteiger partial charge in [-0.15, -0.1) is 0 Å². The summed E-state index contributed by atoms with van der Waals surface area (Å²) in [6.07, 6.45) is 0. The van der Waals surface area contributed by atoms with E-state index in [1.165, 1.54) is 12.7 Å². The maximum atomic E-state index is 14.3. The number of anilines is 1. The summed E-state index contributed by atoms with van der Waals surface area (Å²) in [5.74, 6) is -0.0317. The molecular weight excluding hydrogens is 317 g/mol. The van der Waals surface area contributed by atoms with Crippen LogP contribution in [0.15, 0.2) is 42.5 Å². The fraction of sp³-hybridized carbons (Fsp3) is 0.400. The van der Waals surface area contributed by atoms with Crippen molar-refractivity contribution in [3.05, 3.63) is 59.4 Å². The molecule has 1 N–H and O–H groups in total. The summed E-state index contributed by atoms with van der Waals surface area (Å²) in [4.78, 5) is 4.49. The molecule has 1 aliphatic rings. The average molecular weight is 343 g/mol. The molecule has 1 unspecified atom stereocenters. The van der Waals surface area contributed by atoms with Crippen LogP contribution in [0.3, 0.4) is 0 Å². The van der Waals surface area contributed by atoms with Gasteiger partial charge in [0.15, 0.2) is 11.6 Å². The molecule has 1 aliphatic heterocycles. The van der Waals surface area contributed by atoms with E-state index in [1.807, 2.05) is 20.2 Å². The summed E-state index contributed by atoms with van der Waals surface area (Å²) < 4.78 is 19.4. The van der Waals surface area contributed by atoms with Gasteiger partial charge in [0.25, 0.3) is 0 Å². The number of hydrogen-bond donors (Lipinski definition) is 1. The molecule has 2 aromatic rings. The second kappa shape index (κ2) is 7.85. The lowest BCUT2D eigenvalue weighted by Gasteiger charge is -2.35. The molecule has 0 radical (unpaired) electrons. The van der Waals surface area contributed by atoms with E-state index in [-0.39, 0.29) is 17.6 Å². The first-order valence-corrected chi connectivity index (χ1v) is 8.65. The lowest BCUT2D eigenvalue weighted by Crippen LogP contribution is -2.45. The first-order chi connectivity index (χ1) is 12.1. The van der Waals surface area contributed by atoms with E-state index in [9.17, 15) is 4.39 Å². The van der Waals surface area contributed by atoms with E-state index in [4.69, 9.17) is 4.74 Å². The highest BCUT2D eigenvalue weighted by Crippen LogP contribution is 2.32. The van der Waals surface area contributed by atoms with E-state index in [0.717, 1.165) is 37.4 Å². The van der Waals surface area contributed by atoms with Crippen molar-refractivity contribution in [2.24, 2.45) is 0 Å². The lowest BCUT2D eigenvalue weighted by molar-refractivity contribution is 0.198. The van der Waals surface area contributed by atoms with Gasteiger partial charge in [-0.3, -0.25) is 4.90 Å². The Morgan fingerprint density at radius 2 is 1.68 bits per heavy atom. The van der Waals surface area contributed by atoms with Crippen molar-refractivity contribution in [3.63, 3.8) is 0 Å². The molecule has 0 saturated carbocycles. The van der Waals surface area contributed by atoms with Crippen molar-refractivity contribution >= 4 is 5.69 Å². The van der Waals surface area contributed by atoms with E-state index in [1.54, 1.807) is 12.1 Å². The number of piperazine rings is 1. The molecule has 0 amide bonds. The molecule has 1 heterocycles. The number of halogens is 1. The molecule has 134 valence electrons. The molecule has 0 spiro atoms. The van der Waals surface area contributed by atoms with Gasteiger partial charge in [-0.05, 0) is 35.4 Å². The predicted molar refractivity (Wildman–Crippen MR) is 100 cm³/mol. The van der Waals surface area contributed by atoms with E-state index >= 15 is 0 Å². The molecule has 1 atom stereocenters.